The number of methoxy groups -OCH3 is 1. The topological polar surface area (TPSA) is 31.4 Å². The minimum absolute atomic E-state index is 0.597. The molecule has 0 saturated carbocycles. The Morgan fingerprint density at radius 2 is 2.00 bits per heavy atom. The van der Waals surface area contributed by atoms with Gasteiger partial charge < -0.3 is 0 Å². The molecule has 0 saturated heterocycles. The van der Waals surface area contributed by atoms with Crippen molar-refractivity contribution in [3.63, 3.8) is 0 Å². The molecule has 0 bridgehead atoms. The van der Waals surface area contributed by atoms with E-state index in [1.54, 1.807) is 7.11 Å². The first kappa shape index (κ1) is 12.8. The summed E-state index contributed by atoms with van der Waals surface area (Å²) in [5.74, 6) is 0.906. The van der Waals surface area contributed by atoms with Gasteiger partial charge in [-0.1, -0.05) is 0 Å². The molecule has 15 heavy (non-hydrogen) atoms. The molecule has 0 radical (unpaired) electrons. The molecule has 3 nitrogen and oxygen atoms in total. The first-order chi connectivity index (χ1) is 7.04. The second-order valence-electron chi connectivity index (χ2n) is 4.47. The molecule has 0 aliphatic carbocycles. The van der Waals surface area contributed by atoms with E-state index in [4.69, 9.17) is 9.47 Å². The maximum absolute atomic E-state index is 5.55. The average molecular weight is 316 g/mol. The molecule has 1 rings (SSSR count). The van der Waals surface area contributed by atoms with Gasteiger partial charge in [-0.15, -0.1) is 0 Å². The number of rotatable bonds is 5. The van der Waals surface area contributed by atoms with Crippen molar-refractivity contribution in [3.8, 4) is 5.75 Å². The van der Waals surface area contributed by atoms with Gasteiger partial charge in [-0.05, 0) is 0 Å². The van der Waals surface area contributed by atoms with Crippen molar-refractivity contribution in [2.75, 3.05) is 20.3 Å². The summed E-state index contributed by atoms with van der Waals surface area (Å²) < 4.78 is 11.7. The van der Waals surface area contributed by atoms with E-state index in [-0.39, 0.29) is 0 Å². The first-order valence-corrected chi connectivity index (χ1v) is 15.1. The van der Waals surface area contributed by atoms with Crippen LogP contribution in [-0.4, -0.2) is 43.7 Å². The van der Waals surface area contributed by atoms with Crippen molar-refractivity contribution in [1.29, 1.82) is 0 Å². The van der Waals surface area contributed by atoms with Crippen LogP contribution in [0.25, 0.3) is 0 Å². The van der Waals surface area contributed by atoms with Gasteiger partial charge in [0.25, 0.3) is 0 Å². The van der Waals surface area contributed by atoms with Crippen molar-refractivity contribution < 1.29 is 9.47 Å². The monoisotopic (exact) mass is 317 g/mol. The molecule has 0 fully saturated rings. The van der Waals surface area contributed by atoms with Gasteiger partial charge in [-0.3, -0.25) is 0 Å². The fourth-order valence-electron chi connectivity index (χ4n) is 1.15. The maximum atomic E-state index is 5.55. The van der Waals surface area contributed by atoms with E-state index in [1.165, 1.54) is 3.71 Å². The molecule has 1 aromatic rings. The Bertz CT molecular complexity index is 310. The quantitative estimate of drug-likeness (QED) is 0.611. The molecule has 1 aromatic heterocycles. The molecular weight excluding hydrogens is 297 g/mol. The zero-order valence-corrected chi connectivity index (χ0v) is 12.8. The zero-order chi connectivity index (χ0) is 11.3. The number of ether oxygens (including phenoxy) is 2. The summed E-state index contributed by atoms with van der Waals surface area (Å²) in [4.78, 5) is 11.5. The normalized spacial score (nSPS) is 11.5. The summed E-state index contributed by atoms with van der Waals surface area (Å²) in [5, 5.41) is 0. The third-order valence-corrected chi connectivity index (χ3v) is 7.22. The van der Waals surface area contributed by atoms with Crippen LogP contribution in [0.3, 0.4) is 0 Å². The Morgan fingerprint density at radius 3 is 2.60 bits per heavy atom. The van der Waals surface area contributed by atoms with Crippen molar-refractivity contribution in [3.05, 3.63) is 18.3 Å². The van der Waals surface area contributed by atoms with Crippen LogP contribution >= 0.6 is 0 Å². The Labute approximate surface area is 95.7 Å². The fourth-order valence-corrected chi connectivity index (χ4v) is 4.11. The zero-order valence-electron chi connectivity index (χ0n) is 9.91. The van der Waals surface area contributed by atoms with Crippen LogP contribution in [0, 0.1) is 0 Å². The molecule has 0 N–H and O–H groups in total. The van der Waals surface area contributed by atoms with Gasteiger partial charge in [0.1, 0.15) is 0 Å². The van der Waals surface area contributed by atoms with Crippen LogP contribution in [-0.2, 0) is 4.74 Å². The molecule has 0 unspecified atom stereocenters. The van der Waals surface area contributed by atoms with Gasteiger partial charge in [0, 0.05) is 0 Å². The second-order valence-corrected chi connectivity index (χ2v) is 18.8. The second kappa shape index (κ2) is 5.70. The van der Waals surface area contributed by atoms with Crippen LogP contribution in [0.5, 0.6) is 5.75 Å². The average Bonchev–Trinajstić information content (AvgIpc) is 2.17. The SMILES string of the molecule is COCCOc1ccn[c]([Sn]([CH3])([CH3])[CH3])c1. The molecule has 0 spiro atoms. The third-order valence-electron chi connectivity index (χ3n) is 2.06. The summed E-state index contributed by atoms with van der Waals surface area (Å²) >= 11 is -2.05. The third kappa shape index (κ3) is 4.38. The van der Waals surface area contributed by atoms with Crippen LogP contribution in [0.15, 0.2) is 18.3 Å². The standard InChI is InChI=1S/C8H10NO2.3CH3.Sn/c1-10-6-7-11-8-2-4-9-5-3-8;;;;/h2-4H,6-7H2,1H3;3*1H3;. The molecule has 0 aliphatic rings. The van der Waals surface area contributed by atoms with E-state index < -0.39 is 18.4 Å². The minimum atomic E-state index is -2.05. The molecule has 0 amide bonds. The Morgan fingerprint density at radius 1 is 1.27 bits per heavy atom. The van der Waals surface area contributed by atoms with Gasteiger partial charge in [0.15, 0.2) is 0 Å². The fraction of sp³-hybridized carbons (Fsp3) is 0.545. The molecule has 0 atom stereocenters. The van der Waals surface area contributed by atoms with Crippen LogP contribution in [0.1, 0.15) is 0 Å². The van der Waals surface area contributed by atoms with Crippen molar-refractivity contribution in [2.45, 2.75) is 14.8 Å². The molecule has 1 heterocycles. The number of hydrogen-bond acceptors (Lipinski definition) is 3. The van der Waals surface area contributed by atoms with Crippen molar-refractivity contribution >= 4 is 22.1 Å². The van der Waals surface area contributed by atoms with E-state index in [0.29, 0.717) is 13.2 Å². The Balaban J connectivity index is 2.66. The van der Waals surface area contributed by atoms with E-state index in [1.807, 2.05) is 12.3 Å². The predicted octanol–water partition coefficient (Wildman–Crippen LogP) is 1.65. The van der Waals surface area contributed by atoms with Crippen LogP contribution in [0.4, 0.5) is 0 Å². The molecule has 0 aromatic carbocycles. The summed E-state index contributed by atoms with van der Waals surface area (Å²) in [6, 6.07) is 3.97. The van der Waals surface area contributed by atoms with Crippen LogP contribution in [0.2, 0.25) is 14.8 Å². The number of hydrogen-bond donors (Lipinski definition) is 0. The van der Waals surface area contributed by atoms with Gasteiger partial charge in [0.05, 0.1) is 0 Å². The summed E-state index contributed by atoms with van der Waals surface area (Å²) in [6.07, 6.45) is 1.83. The summed E-state index contributed by atoms with van der Waals surface area (Å²) in [7, 11) is 1.67. The van der Waals surface area contributed by atoms with Gasteiger partial charge in [-0.25, -0.2) is 0 Å². The molecular formula is C11H19NO2Sn. The number of nitrogens with zero attached hydrogens (tertiary/aromatic N) is 1. The van der Waals surface area contributed by atoms with Crippen LogP contribution < -0.4 is 8.45 Å². The van der Waals surface area contributed by atoms with E-state index in [9.17, 15) is 0 Å². The van der Waals surface area contributed by atoms with Gasteiger partial charge in [-0.2, -0.15) is 0 Å². The summed E-state index contributed by atoms with van der Waals surface area (Å²) in [5.41, 5.74) is 0. The van der Waals surface area contributed by atoms with Crippen molar-refractivity contribution in [2.24, 2.45) is 0 Å². The van der Waals surface area contributed by atoms with E-state index in [0.717, 1.165) is 5.75 Å². The van der Waals surface area contributed by atoms with E-state index >= 15 is 0 Å². The Kier molecular flexibility index (Phi) is 4.86. The Hall–Kier alpha value is -0.291. The predicted molar refractivity (Wildman–Crippen MR) is 64.6 cm³/mol. The summed E-state index contributed by atoms with van der Waals surface area (Å²) in [6.45, 7) is 1.22. The number of pyridine rings is 1. The molecule has 84 valence electrons. The molecule has 0 aliphatic heterocycles. The van der Waals surface area contributed by atoms with Gasteiger partial charge in [0.2, 0.25) is 0 Å². The molecule has 4 heteroatoms. The van der Waals surface area contributed by atoms with Gasteiger partial charge >= 0.3 is 95.8 Å². The first-order valence-electron chi connectivity index (χ1n) is 5.12. The van der Waals surface area contributed by atoms with E-state index in [2.05, 4.69) is 25.9 Å². The number of aromatic nitrogens is 1. The van der Waals surface area contributed by atoms with Crippen molar-refractivity contribution in [1.82, 2.24) is 4.98 Å².